The van der Waals surface area contributed by atoms with Crippen LogP contribution in [0.2, 0.25) is 0 Å². The molecule has 1 fully saturated rings. The number of carbonyl (C=O) groups excluding carboxylic acids is 1. The molecule has 1 aromatic carbocycles. The van der Waals surface area contributed by atoms with Crippen molar-refractivity contribution in [3.63, 3.8) is 0 Å². The van der Waals surface area contributed by atoms with E-state index >= 15 is 0 Å². The predicted molar refractivity (Wildman–Crippen MR) is 144 cm³/mol. The van der Waals surface area contributed by atoms with Gasteiger partial charge in [-0.1, -0.05) is 6.07 Å². The van der Waals surface area contributed by atoms with Crippen LogP contribution >= 0.6 is 0 Å². The number of nitrogens with one attached hydrogen (secondary N) is 1. The highest BCUT2D eigenvalue weighted by Crippen LogP contribution is 2.38. The summed E-state index contributed by atoms with van der Waals surface area (Å²) in [5, 5.41) is 15.8. The molecule has 200 valence electrons. The number of rotatable bonds is 7. The summed E-state index contributed by atoms with van der Waals surface area (Å²) in [4.78, 5) is 27.9. The highest BCUT2D eigenvalue weighted by atomic mass is 16.5. The first kappa shape index (κ1) is 24.7. The van der Waals surface area contributed by atoms with Gasteiger partial charge < -0.3 is 24.6 Å². The smallest absolute Gasteiger partial charge is 0.257 e. The van der Waals surface area contributed by atoms with Crippen molar-refractivity contribution in [3.05, 3.63) is 65.2 Å². The van der Waals surface area contributed by atoms with Crippen molar-refractivity contribution in [2.24, 2.45) is 7.05 Å². The van der Waals surface area contributed by atoms with Gasteiger partial charge in [0.1, 0.15) is 0 Å². The Morgan fingerprint density at radius 2 is 1.92 bits per heavy atom. The van der Waals surface area contributed by atoms with Gasteiger partial charge in [-0.3, -0.25) is 14.8 Å². The number of tetrazole rings is 1. The standard InChI is InChI=1S/C27H29N9O3/c1-34-16-23-24(27(34)37)22(30-21-6-4-5-20(25(21)38-3)26-31-33-35(2)32-26)14-18(29-23)13-17-7-8-19(15-28-17)36-9-11-39-12-10-36/h4-8,14-15H,9-13,16H2,1-3H3,(H,29,30). The van der Waals surface area contributed by atoms with Crippen molar-refractivity contribution in [1.29, 1.82) is 0 Å². The van der Waals surface area contributed by atoms with Crippen molar-refractivity contribution in [1.82, 2.24) is 35.1 Å². The molecule has 39 heavy (non-hydrogen) atoms. The van der Waals surface area contributed by atoms with E-state index in [2.05, 4.69) is 31.7 Å². The maximum absolute atomic E-state index is 13.1. The van der Waals surface area contributed by atoms with Crippen LogP contribution in [0.1, 0.15) is 27.4 Å². The number of nitrogens with zero attached hydrogens (tertiary/aromatic N) is 8. The van der Waals surface area contributed by atoms with E-state index in [-0.39, 0.29) is 5.91 Å². The number of fused-ring (bicyclic) bond motifs is 1. The van der Waals surface area contributed by atoms with E-state index in [0.29, 0.717) is 47.0 Å². The number of aromatic nitrogens is 6. The topological polar surface area (TPSA) is 123 Å². The highest BCUT2D eigenvalue weighted by molar-refractivity contribution is 6.03. The van der Waals surface area contributed by atoms with Crippen LogP contribution in [0.4, 0.5) is 17.1 Å². The Balaban J connectivity index is 1.32. The summed E-state index contributed by atoms with van der Waals surface area (Å²) in [5.41, 5.74) is 6.12. The van der Waals surface area contributed by atoms with Gasteiger partial charge in [0, 0.05) is 37.9 Å². The number of methoxy groups -OCH3 is 1. The average Bonchev–Trinajstić information content (AvgIpc) is 3.51. The summed E-state index contributed by atoms with van der Waals surface area (Å²) < 4.78 is 11.2. The van der Waals surface area contributed by atoms with Gasteiger partial charge in [0.05, 0.1) is 74.0 Å². The number of amides is 1. The molecule has 0 radical (unpaired) electrons. The molecule has 1 amide bonds. The summed E-state index contributed by atoms with van der Waals surface area (Å²) in [6, 6.07) is 11.7. The highest BCUT2D eigenvalue weighted by Gasteiger charge is 2.30. The first-order valence-corrected chi connectivity index (χ1v) is 12.7. The van der Waals surface area contributed by atoms with E-state index in [1.165, 1.54) is 4.80 Å². The Labute approximate surface area is 225 Å². The summed E-state index contributed by atoms with van der Waals surface area (Å²) in [5.74, 6) is 0.920. The molecule has 2 aliphatic heterocycles. The summed E-state index contributed by atoms with van der Waals surface area (Å²) in [6.45, 7) is 3.63. The summed E-state index contributed by atoms with van der Waals surface area (Å²) in [6.07, 6.45) is 2.44. The summed E-state index contributed by atoms with van der Waals surface area (Å²) >= 11 is 0. The SMILES string of the molecule is COc1c(Nc2cc(Cc3ccc(N4CCOCC4)cn3)nc3c2C(=O)N(C)C3)cccc1-c1nnn(C)n1. The minimum absolute atomic E-state index is 0.0785. The van der Waals surface area contributed by atoms with E-state index < -0.39 is 0 Å². The molecule has 0 spiro atoms. The quantitative estimate of drug-likeness (QED) is 0.383. The molecule has 12 nitrogen and oxygen atoms in total. The number of para-hydroxylation sites is 1. The number of pyridine rings is 2. The number of aryl methyl sites for hydroxylation is 1. The second kappa shape index (κ2) is 10.3. The van der Waals surface area contributed by atoms with Crippen LogP contribution in [0.3, 0.4) is 0 Å². The minimum atomic E-state index is -0.0785. The molecule has 5 heterocycles. The van der Waals surface area contributed by atoms with Gasteiger partial charge in [-0.05, 0) is 35.5 Å². The molecule has 0 bridgehead atoms. The van der Waals surface area contributed by atoms with Crippen molar-refractivity contribution in [2.75, 3.05) is 50.7 Å². The second-order valence-electron chi connectivity index (χ2n) is 9.54. The Hall–Kier alpha value is -4.58. The molecule has 12 heteroatoms. The fraction of sp³-hybridized carbons (Fsp3) is 0.333. The Morgan fingerprint density at radius 3 is 2.64 bits per heavy atom. The van der Waals surface area contributed by atoms with Gasteiger partial charge in [0.15, 0.2) is 5.75 Å². The van der Waals surface area contributed by atoms with E-state index in [9.17, 15) is 4.79 Å². The lowest BCUT2D eigenvalue weighted by atomic mass is 10.1. The van der Waals surface area contributed by atoms with E-state index in [4.69, 9.17) is 19.4 Å². The fourth-order valence-electron chi connectivity index (χ4n) is 4.97. The number of anilines is 3. The number of ether oxygens (including phenoxy) is 2. The second-order valence-corrected chi connectivity index (χ2v) is 9.54. The predicted octanol–water partition coefficient (Wildman–Crippen LogP) is 2.43. The van der Waals surface area contributed by atoms with Gasteiger partial charge in [0.25, 0.3) is 5.91 Å². The first-order chi connectivity index (χ1) is 19.0. The number of carbonyl (C=O) groups is 1. The van der Waals surface area contributed by atoms with Crippen LogP contribution in [0.25, 0.3) is 11.4 Å². The first-order valence-electron chi connectivity index (χ1n) is 12.7. The minimum Gasteiger partial charge on any atom is -0.494 e. The van der Waals surface area contributed by atoms with E-state index in [0.717, 1.165) is 49.1 Å². The van der Waals surface area contributed by atoms with Gasteiger partial charge in [-0.2, -0.15) is 4.80 Å². The molecule has 6 rings (SSSR count). The molecule has 1 N–H and O–H groups in total. The number of hydrogen-bond donors (Lipinski definition) is 1. The van der Waals surface area contributed by atoms with Crippen molar-refractivity contribution < 1.29 is 14.3 Å². The van der Waals surface area contributed by atoms with Crippen LogP contribution in [-0.4, -0.2) is 81.4 Å². The molecule has 4 aromatic rings. The lowest BCUT2D eigenvalue weighted by Crippen LogP contribution is -2.36. The Morgan fingerprint density at radius 1 is 1.08 bits per heavy atom. The van der Waals surface area contributed by atoms with Crippen molar-refractivity contribution in [3.8, 4) is 17.1 Å². The zero-order chi connectivity index (χ0) is 26.9. The third kappa shape index (κ3) is 4.86. The molecular weight excluding hydrogens is 498 g/mol. The van der Waals surface area contributed by atoms with Gasteiger partial charge in [-0.25, -0.2) is 0 Å². The molecule has 3 aromatic heterocycles. The molecule has 0 saturated carbocycles. The lowest BCUT2D eigenvalue weighted by Gasteiger charge is -2.28. The largest absolute Gasteiger partial charge is 0.494 e. The maximum Gasteiger partial charge on any atom is 0.257 e. The van der Waals surface area contributed by atoms with E-state index in [1.54, 1.807) is 26.1 Å². The number of hydrogen-bond acceptors (Lipinski definition) is 10. The number of benzene rings is 1. The van der Waals surface area contributed by atoms with E-state index in [1.807, 2.05) is 36.5 Å². The van der Waals surface area contributed by atoms with Crippen molar-refractivity contribution >= 4 is 23.0 Å². The van der Waals surface area contributed by atoms with Crippen LogP contribution < -0.4 is 15.0 Å². The Kier molecular flexibility index (Phi) is 6.53. The molecular formula is C27H29N9O3. The third-order valence-corrected chi connectivity index (χ3v) is 6.88. The summed E-state index contributed by atoms with van der Waals surface area (Å²) in [7, 11) is 5.08. The zero-order valence-electron chi connectivity index (χ0n) is 22.1. The molecule has 1 saturated heterocycles. The number of morpholine rings is 1. The van der Waals surface area contributed by atoms with Crippen LogP contribution in [0.5, 0.6) is 5.75 Å². The van der Waals surface area contributed by atoms with Gasteiger partial charge >= 0.3 is 0 Å². The third-order valence-electron chi connectivity index (χ3n) is 6.88. The zero-order valence-corrected chi connectivity index (χ0v) is 22.1. The fourth-order valence-corrected chi connectivity index (χ4v) is 4.97. The van der Waals surface area contributed by atoms with Gasteiger partial charge in [-0.15, -0.1) is 10.2 Å². The lowest BCUT2D eigenvalue weighted by molar-refractivity contribution is 0.0817. The van der Waals surface area contributed by atoms with Crippen LogP contribution in [-0.2, 0) is 24.8 Å². The van der Waals surface area contributed by atoms with Crippen molar-refractivity contribution in [2.45, 2.75) is 13.0 Å². The van der Waals surface area contributed by atoms with Crippen LogP contribution in [0, 0.1) is 0 Å². The molecule has 0 aliphatic carbocycles. The molecule has 0 unspecified atom stereocenters. The molecule has 2 aliphatic rings. The normalized spacial score (nSPS) is 15.0. The van der Waals surface area contributed by atoms with Gasteiger partial charge in [0.2, 0.25) is 5.82 Å². The monoisotopic (exact) mass is 527 g/mol. The van der Waals surface area contributed by atoms with Crippen LogP contribution in [0.15, 0.2) is 42.6 Å². The molecule has 0 atom stereocenters. The average molecular weight is 528 g/mol. The Bertz CT molecular complexity index is 1510. The maximum atomic E-state index is 13.1.